The van der Waals surface area contributed by atoms with Gasteiger partial charge < -0.3 is 10.6 Å². The molecule has 1 fully saturated rings. The van der Waals surface area contributed by atoms with Crippen molar-refractivity contribution in [2.45, 2.75) is 39.4 Å². The normalized spacial score (nSPS) is 21.2. The quantitative estimate of drug-likeness (QED) is 0.429. The molecule has 2 N–H and O–H groups in total. The number of halogens is 1. The number of aliphatic imine (C=N–C) groups is 1. The van der Waals surface area contributed by atoms with E-state index in [9.17, 15) is 0 Å². The van der Waals surface area contributed by atoms with Gasteiger partial charge in [-0.25, -0.2) is 0 Å². The van der Waals surface area contributed by atoms with Crippen molar-refractivity contribution >= 4 is 29.9 Å². The van der Waals surface area contributed by atoms with Crippen LogP contribution in [-0.4, -0.2) is 43.1 Å². The van der Waals surface area contributed by atoms with Gasteiger partial charge in [-0.15, -0.1) is 24.0 Å². The van der Waals surface area contributed by atoms with Gasteiger partial charge in [0.2, 0.25) is 0 Å². The van der Waals surface area contributed by atoms with E-state index in [2.05, 4.69) is 47.4 Å². The summed E-state index contributed by atoms with van der Waals surface area (Å²) in [5, 5.41) is 15.7. The van der Waals surface area contributed by atoms with Crippen LogP contribution in [0.2, 0.25) is 0 Å². The zero-order valence-electron chi connectivity index (χ0n) is 14.9. The van der Waals surface area contributed by atoms with Crippen LogP contribution in [0.25, 0.3) is 0 Å². The fourth-order valence-corrected chi connectivity index (χ4v) is 2.87. The van der Waals surface area contributed by atoms with Crippen LogP contribution in [-0.2, 0) is 6.54 Å². The average molecular weight is 441 g/mol. The molecule has 2 atom stereocenters. The van der Waals surface area contributed by atoms with Gasteiger partial charge in [0.1, 0.15) is 0 Å². The van der Waals surface area contributed by atoms with Gasteiger partial charge in [0.15, 0.2) is 5.96 Å². The monoisotopic (exact) mass is 441 g/mol. The minimum atomic E-state index is 0. The maximum atomic E-state index is 8.83. The van der Waals surface area contributed by atoms with Gasteiger partial charge >= 0.3 is 0 Å². The summed E-state index contributed by atoms with van der Waals surface area (Å²) in [7, 11) is 1.80. The lowest BCUT2D eigenvalue weighted by atomic mass is 10.1. The summed E-state index contributed by atoms with van der Waals surface area (Å²) < 4.78 is 0. The molecular weight excluding hydrogens is 413 g/mol. The second-order valence-corrected chi connectivity index (χ2v) is 6.51. The van der Waals surface area contributed by atoms with E-state index in [1.165, 1.54) is 0 Å². The molecule has 0 spiro atoms. The van der Waals surface area contributed by atoms with Crippen molar-refractivity contribution in [3.8, 4) is 6.07 Å². The first-order valence-electron chi connectivity index (χ1n) is 8.23. The van der Waals surface area contributed by atoms with Crippen LogP contribution >= 0.6 is 24.0 Å². The summed E-state index contributed by atoms with van der Waals surface area (Å²) in [6.45, 7) is 9.65. The van der Waals surface area contributed by atoms with E-state index >= 15 is 0 Å². The molecule has 6 heteroatoms. The molecule has 24 heavy (non-hydrogen) atoms. The molecule has 0 aromatic heterocycles. The topological polar surface area (TPSA) is 63.5 Å². The maximum absolute atomic E-state index is 8.83. The fourth-order valence-electron chi connectivity index (χ4n) is 2.87. The van der Waals surface area contributed by atoms with Crippen molar-refractivity contribution in [2.24, 2.45) is 10.9 Å². The molecule has 0 saturated carbocycles. The number of benzene rings is 1. The van der Waals surface area contributed by atoms with Crippen LogP contribution in [0.1, 0.15) is 31.9 Å². The minimum Gasteiger partial charge on any atom is -0.352 e. The summed E-state index contributed by atoms with van der Waals surface area (Å²) in [6.07, 6.45) is 0. The molecule has 1 heterocycles. The van der Waals surface area contributed by atoms with Crippen LogP contribution in [0.4, 0.5) is 0 Å². The van der Waals surface area contributed by atoms with Crippen LogP contribution in [0, 0.1) is 17.2 Å². The van der Waals surface area contributed by atoms with E-state index < -0.39 is 0 Å². The van der Waals surface area contributed by atoms with E-state index in [1.54, 1.807) is 7.05 Å². The zero-order chi connectivity index (χ0) is 16.8. The third-order valence-electron chi connectivity index (χ3n) is 4.46. The Labute approximate surface area is 162 Å². The molecule has 1 saturated heterocycles. The van der Waals surface area contributed by atoms with Gasteiger partial charge in [-0.2, -0.15) is 5.26 Å². The lowest BCUT2D eigenvalue weighted by Gasteiger charge is -2.22. The third-order valence-corrected chi connectivity index (χ3v) is 4.46. The van der Waals surface area contributed by atoms with Gasteiger partial charge in [0.05, 0.1) is 11.6 Å². The number of guanidine groups is 1. The van der Waals surface area contributed by atoms with E-state index in [0.717, 1.165) is 24.6 Å². The molecule has 132 valence electrons. The van der Waals surface area contributed by atoms with Crippen molar-refractivity contribution in [2.75, 3.05) is 20.1 Å². The Morgan fingerprint density at radius 3 is 2.50 bits per heavy atom. The SMILES string of the molecule is CN=C(NCc1ccc(C#N)cc1)NC1CN(C(C)C)CC1C.I. The molecule has 1 aliphatic rings. The van der Waals surface area contributed by atoms with Gasteiger partial charge in [-0.1, -0.05) is 19.1 Å². The largest absolute Gasteiger partial charge is 0.352 e. The first-order chi connectivity index (χ1) is 11.0. The van der Waals surface area contributed by atoms with Gasteiger partial charge in [0, 0.05) is 38.8 Å². The fraction of sp³-hybridized carbons (Fsp3) is 0.556. The maximum Gasteiger partial charge on any atom is 0.191 e. The van der Waals surface area contributed by atoms with Crippen LogP contribution < -0.4 is 10.6 Å². The van der Waals surface area contributed by atoms with Gasteiger partial charge in [0.25, 0.3) is 0 Å². The smallest absolute Gasteiger partial charge is 0.191 e. The molecular formula is C18H28IN5. The summed E-state index contributed by atoms with van der Waals surface area (Å²) in [6, 6.07) is 10.8. The second kappa shape index (κ2) is 9.84. The standard InChI is InChI=1S/C18H27N5.HI/c1-13(2)23-11-14(3)17(12-23)22-18(20-4)21-10-16-7-5-15(9-19)6-8-16;/h5-8,13-14,17H,10-12H2,1-4H3,(H2,20,21,22);1H. The van der Waals surface area contributed by atoms with E-state index in [0.29, 0.717) is 30.1 Å². The molecule has 1 aromatic rings. The van der Waals surface area contributed by atoms with Crippen molar-refractivity contribution in [1.82, 2.24) is 15.5 Å². The number of nitrogens with one attached hydrogen (secondary N) is 2. The van der Waals surface area contributed by atoms with E-state index in [4.69, 9.17) is 5.26 Å². The summed E-state index contributed by atoms with van der Waals surface area (Å²) in [5.74, 6) is 1.43. The second-order valence-electron chi connectivity index (χ2n) is 6.51. The minimum absolute atomic E-state index is 0. The highest BCUT2D eigenvalue weighted by atomic mass is 127. The number of likely N-dealkylation sites (tertiary alicyclic amines) is 1. The highest BCUT2D eigenvalue weighted by Gasteiger charge is 2.31. The lowest BCUT2D eigenvalue weighted by molar-refractivity contribution is 0.265. The Kier molecular flexibility index (Phi) is 8.50. The number of nitriles is 1. The van der Waals surface area contributed by atoms with Crippen LogP contribution in [0.3, 0.4) is 0 Å². The molecule has 5 nitrogen and oxygen atoms in total. The molecule has 0 bridgehead atoms. The highest BCUT2D eigenvalue weighted by molar-refractivity contribution is 14.0. The Hall–Kier alpha value is -1.33. The summed E-state index contributed by atoms with van der Waals surface area (Å²) in [4.78, 5) is 6.82. The van der Waals surface area contributed by atoms with Crippen LogP contribution in [0.15, 0.2) is 29.3 Å². The Morgan fingerprint density at radius 2 is 2.00 bits per heavy atom. The number of rotatable bonds is 4. The lowest BCUT2D eigenvalue weighted by Crippen LogP contribution is -2.46. The van der Waals surface area contributed by atoms with Gasteiger partial charge in [-0.3, -0.25) is 9.89 Å². The van der Waals surface area contributed by atoms with Crippen molar-refractivity contribution in [3.63, 3.8) is 0 Å². The molecule has 1 aliphatic heterocycles. The van der Waals surface area contributed by atoms with Crippen LogP contribution in [0.5, 0.6) is 0 Å². The molecule has 1 aromatic carbocycles. The molecule has 2 unspecified atom stereocenters. The zero-order valence-corrected chi connectivity index (χ0v) is 17.2. The first kappa shape index (κ1) is 20.7. The molecule has 0 amide bonds. The number of hydrogen-bond acceptors (Lipinski definition) is 3. The van der Waals surface area contributed by atoms with Crippen molar-refractivity contribution < 1.29 is 0 Å². The Bertz CT molecular complexity index is 576. The predicted molar refractivity (Wildman–Crippen MR) is 110 cm³/mol. The third kappa shape index (κ3) is 5.64. The van der Waals surface area contributed by atoms with E-state index in [1.807, 2.05) is 24.3 Å². The molecule has 2 rings (SSSR count). The predicted octanol–water partition coefficient (Wildman–Crippen LogP) is 2.57. The van der Waals surface area contributed by atoms with Gasteiger partial charge in [-0.05, 0) is 37.5 Å². The van der Waals surface area contributed by atoms with E-state index in [-0.39, 0.29) is 24.0 Å². The molecule has 0 aliphatic carbocycles. The molecule has 0 radical (unpaired) electrons. The Balaban J connectivity index is 0.00000288. The highest BCUT2D eigenvalue weighted by Crippen LogP contribution is 2.18. The van der Waals surface area contributed by atoms with Crippen molar-refractivity contribution in [3.05, 3.63) is 35.4 Å². The summed E-state index contributed by atoms with van der Waals surface area (Å²) >= 11 is 0. The Morgan fingerprint density at radius 1 is 1.33 bits per heavy atom. The average Bonchev–Trinajstić information content (AvgIpc) is 2.93. The number of nitrogens with zero attached hydrogens (tertiary/aromatic N) is 3. The van der Waals surface area contributed by atoms with Crippen molar-refractivity contribution in [1.29, 1.82) is 5.26 Å². The summed E-state index contributed by atoms with van der Waals surface area (Å²) in [5.41, 5.74) is 1.82. The first-order valence-corrected chi connectivity index (χ1v) is 8.23. The number of hydrogen-bond donors (Lipinski definition) is 2.